The van der Waals surface area contributed by atoms with Crippen LogP contribution in [-0.2, 0) is 0 Å². The van der Waals surface area contributed by atoms with Crippen molar-refractivity contribution in [1.82, 2.24) is 0 Å². The van der Waals surface area contributed by atoms with Gasteiger partial charge in [-0.3, -0.25) is 0 Å². The van der Waals surface area contributed by atoms with Gasteiger partial charge in [0.25, 0.3) is 0 Å². The van der Waals surface area contributed by atoms with Gasteiger partial charge >= 0.3 is 0 Å². The van der Waals surface area contributed by atoms with Crippen LogP contribution in [0.2, 0.25) is 5.02 Å². The smallest absolute Gasteiger partial charge is 0.0406 e. The standard InChI is InChI=1S/C12H16ClN/c1-12(2)10(7-14)11(12)8-3-5-9(13)6-4-8/h3-6,10-11H,7,14H2,1-2H3. The fraction of sp³-hybridized carbons (Fsp3) is 0.500. The summed E-state index contributed by atoms with van der Waals surface area (Å²) in [6.07, 6.45) is 0. The highest BCUT2D eigenvalue weighted by molar-refractivity contribution is 6.30. The van der Waals surface area contributed by atoms with Gasteiger partial charge < -0.3 is 5.73 Å². The summed E-state index contributed by atoms with van der Waals surface area (Å²) >= 11 is 5.85. The molecule has 1 aromatic carbocycles. The highest BCUT2D eigenvalue weighted by Gasteiger charge is 2.56. The summed E-state index contributed by atoms with van der Waals surface area (Å²) < 4.78 is 0. The van der Waals surface area contributed by atoms with E-state index < -0.39 is 0 Å². The molecule has 2 N–H and O–H groups in total. The normalized spacial score (nSPS) is 28.9. The van der Waals surface area contributed by atoms with Gasteiger partial charge in [0.2, 0.25) is 0 Å². The van der Waals surface area contributed by atoms with Crippen LogP contribution in [0.25, 0.3) is 0 Å². The van der Waals surface area contributed by atoms with E-state index in [0.717, 1.165) is 11.6 Å². The van der Waals surface area contributed by atoms with Crippen LogP contribution in [0, 0.1) is 11.3 Å². The highest BCUT2D eigenvalue weighted by Crippen LogP contribution is 2.63. The zero-order valence-corrected chi connectivity index (χ0v) is 9.38. The lowest BCUT2D eigenvalue weighted by atomic mass is 10.0. The Kier molecular flexibility index (Phi) is 2.32. The summed E-state index contributed by atoms with van der Waals surface area (Å²) in [5.41, 5.74) is 7.47. The van der Waals surface area contributed by atoms with E-state index in [0.29, 0.717) is 17.3 Å². The summed E-state index contributed by atoms with van der Waals surface area (Å²) in [6.45, 7) is 5.34. The molecular weight excluding hydrogens is 194 g/mol. The van der Waals surface area contributed by atoms with Gasteiger partial charge in [-0.15, -0.1) is 0 Å². The lowest BCUT2D eigenvalue weighted by Gasteiger charge is -2.02. The van der Waals surface area contributed by atoms with Crippen LogP contribution in [0.4, 0.5) is 0 Å². The SMILES string of the molecule is CC1(C)C(CN)C1c1ccc(Cl)cc1. The first kappa shape index (κ1) is 10.0. The van der Waals surface area contributed by atoms with Crippen molar-refractivity contribution in [2.75, 3.05) is 6.54 Å². The van der Waals surface area contributed by atoms with Crippen molar-refractivity contribution in [1.29, 1.82) is 0 Å². The Bertz CT molecular complexity index is 329. The van der Waals surface area contributed by atoms with E-state index in [1.54, 1.807) is 0 Å². The molecule has 2 heteroatoms. The van der Waals surface area contributed by atoms with Crippen molar-refractivity contribution in [2.24, 2.45) is 17.1 Å². The summed E-state index contributed by atoms with van der Waals surface area (Å²) in [4.78, 5) is 0. The maximum atomic E-state index is 5.85. The van der Waals surface area contributed by atoms with Crippen molar-refractivity contribution < 1.29 is 0 Å². The van der Waals surface area contributed by atoms with Crippen molar-refractivity contribution in [3.63, 3.8) is 0 Å². The van der Waals surface area contributed by atoms with E-state index in [-0.39, 0.29) is 0 Å². The molecule has 1 saturated carbocycles. The van der Waals surface area contributed by atoms with E-state index in [9.17, 15) is 0 Å². The molecule has 0 saturated heterocycles. The monoisotopic (exact) mass is 209 g/mol. The Balaban J connectivity index is 2.22. The van der Waals surface area contributed by atoms with Gasteiger partial charge in [0.05, 0.1) is 0 Å². The Morgan fingerprint density at radius 1 is 1.29 bits per heavy atom. The lowest BCUT2D eigenvalue weighted by molar-refractivity contribution is 0.558. The number of rotatable bonds is 2. The van der Waals surface area contributed by atoms with Crippen molar-refractivity contribution in [3.8, 4) is 0 Å². The molecule has 0 heterocycles. The molecule has 2 unspecified atom stereocenters. The maximum Gasteiger partial charge on any atom is 0.0406 e. The van der Waals surface area contributed by atoms with Crippen LogP contribution in [0.1, 0.15) is 25.3 Å². The molecule has 0 aliphatic heterocycles. The molecular formula is C12H16ClN. The molecule has 76 valence electrons. The van der Waals surface area contributed by atoms with Gasteiger partial charge in [-0.25, -0.2) is 0 Å². The predicted octanol–water partition coefficient (Wildman–Crippen LogP) is 3.04. The topological polar surface area (TPSA) is 26.0 Å². The number of hydrogen-bond acceptors (Lipinski definition) is 1. The molecule has 1 aliphatic carbocycles. The Hall–Kier alpha value is -0.530. The van der Waals surface area contributed by atoms with Crippen molar-refractivity contribution in [3.05, 3.63) is 34.9 Å². The third-order valence-corrected chi connectivity index (χ3v) is 3.79. The molecule has 0 radical (unpaired) electrons. The molecule has 14 heavy (non-hydrogen) atoms. The summed E-state index contributed by atoms with van der Waals surface area (Å²) in [5, 5.41) is 0.802. The van der Waals surface area contributed by atoms with Crippen LogP contribution in [0.15, 0.2) is 24.3 Å². The molecule has 2 atom stereocenters. The average Bonchev–Trinajstić information content (AvgIpc) is 2.69. The van der Waals surface area contributed by atoms with Gasteiger partial charge in [-0.05, 0) is 41.5 Å². The third-order valence-electron chi connectivity index (χ3n) is 3.53. The minimum absolute atomic E-state index is 0.364. The van der Waals surface area contributed by atoms with Gasteiger partial charge in [0, 0.05) is 5.02 Å². The Morgan fingerprint density at radius 3 is 2.29 bits per heavy atom. The van der Waals surface area contributed by atoms with Gasteiger partial charge in [-0.2, -0.15) is 0 Å². The third kappa shape index (κ3) is 1.45. The molecule has 0 aromatic heterocycles. The average molecular weight is 210 g/mol. The van der Waals surface area contributed by atoms with Crippen LogP contribution >= 0.6 is 11.6 Å². The van der Waals surface area contributed by atoms with Gasteiger partial charge in [0.15, 0.2) is 0 Å². The molecule has 0 amide bonds. The zero-order valence-electron chi connectivity index (χ0n) is 8.63. The van der Waals surface area contributed by atoms with E-state index in [2.05, 4.69) is 26.0 Å². The summed E-state index contributed by atoms with van der Waals surface area (Å²) in [5.74, 6) is 1.24. The first-order chi connectivity index (χ1) is 6.57. The van der Waals surface area contributed by atoms with Gasteiger partial charge in [0.1, 0.15) is 0 Å². The molecule has 1 aliphatic rings. The number of halogens is 1. The van der Waals surface area contributed by atoms with E-state index in [1.807, 2.05) is 12.1 Å². The van der Waals surface area contributed by atoms with Crippen LogP contribution in [-0.4, -0.2) is 6.54 Å². The quantitative estimate of drug-likeness (QED) is 0.796. The molecule has 1 fully saturated rings. The lowest BCUT2D eigenvalue weighted by Crippen LogP contribution is -2.05. The highest BCUT2D eigenvalue weighted by atomic mass is 35.5. The second kappa shape index (κ2) is 3.25. The number of hydrogen-bond donors (Lipinski definition) is 1. The minimum atomic E-state index is 0.364. The molecule has 2 rings (SSSR count). The molecule has 1 aromatic rings. The van der Waals surface area contributed by atoms with Crippen molar-refractivity contribution >= 4 is 11.6 Å². The largest absolute Gasteiger partial charge is 0.330 e. The Morgan fingerprint density at radius 2 is 1.86 bits per heavy atom. The first-order valence-corrected chi connectivity index (χ1v) is 5.40. The van der Waals surface area contributed by atoms with Crippen LogP contribution in [0.3, 0.4) is 0 Å². The maximum absolute atomic E-state index is 5.85. The summed E-state index contributed by atoms with van der Waals surface area (Å²) in [7, 11) is 0. The van der Waals surface area contributed by atoms with Crippen molar-refractivity contribution in [2.45, 2.75) is 19.8 Å². The molecule has 0 bridgehead atoms. The summed E-state index contributed by atoms with van der Waals surface area (Å²) in [6, 6.07) is 8.15. The van der Waals surface area contributed by atoms with Crippen LogP contribution in [0.5, 0.6) is 0 Å². The van der Waals surface area contributed by atoms with E-state index >= 15 is 0 Å². The van der Waals surface area contributed by atoms with Crippen LogP contribution < -0.4 is 5.73 Å². The zero-order chi connectivity index (χ0) is 10.3. The molecule has 1 nitrogen and oxygen atoms in total. The minimum Gasteiger partial charge on any atom is -0.330 e. The van der Waals surface area contributed by atoms with E-state index in [1.165, 1.54) is 5.56 Å². The van der Waals surface area contributed by atoms with E-state index in [4.69, 9.17) is 17.3 Å². The van der Waals surface area contributed by atoms with Gasteiger partial charge in [-0.1, -0.05) is 37.6 Å². The molecule has 0 spiro atoms. The predicted molar refractivity (Wildman–Crippen MR) is 60.5 cm³/mol. The fourth-order valence-electron chi connectivity index (χ4n) is 2.52. The first-order valence-electron chi connectivity index (χ1n) is 5.03. The second-order valence-corrected chi connectivity index (χ2v) is 5.13. The Labute approximate surface area is 90.3 Å². The fourth-order valence-corrected chi connectivity index (χ4v) is 2.64. The second-order valence-electron chi connectivity index (χ2n) is 4.69. The number of nitrogens with two attached hydrogens (primary N) is 1. The number of benzene rings is 1.